The third-order valence-electron chi connectivity index (χ3n) is 4.31. The number of aromatic hydroxyl groups is 1. The van der Waals surface area contributed by atoms with E-state index in [1.807, 2.05) is 36.4 Å². The lowest BCUT2D eigenvalue weighted by molar-refractivity contribution is -0.135. The fourth-order valence-corrected chi connectivity index (χ4v) is 7.03. The van der Waals surface area contributed by atoms with Crippen molar-refractivity contribution in [2.75, 3.05) is 0 Å². The average molecular weight is 680 g/mol. The molecule has 0 heterocycles. The maximum absolute atomic E-state index is 13.1. The van der Waals surface area contributed by atoms with E-state index in [1.54, 1.807) is 18.2 Å². The minimum Gasteiger partial charge on any atom is -0.508 e. The second-order valence-corrected chi connectivity index (χ2v) is 9.48. The van der Waals surface area contributed by atoms with Gasteiger partial charge in [0, 0.05) is 3.57 Å². The van der Waals surface area contributed by atoms with Gasteiger partial charge in [-0.2, -0.15) is 0 Å². The molecule has 3 aromatic carbocycles. The lowest BCUT2D eigenvalue weighted by atomic mass is 9.97. The summed E-state index contributed by atoms with van der Waals surface area (Å²) in [6, 6.07) is 16.9. The van der Waals surface area contributed by atoms with Crippen molar-refractivity contribution in [3.8, 4) is 22.6 Å². The molecular formula is C20H11I3O3. The van der Waals surface area contributed by atoms with E-state index in [4.69, 9.17) is 4.74 Å². The lowest BCUT2D eigenvalue weighted by Gasteiger charge is -2.15. The highest BCUT2D eigenvalue weighted by atomic mass is 127. The van der Waals surface area contributed by atoms with Crippen molar-refractivity contribution in [1.29, 1.82) is 0 Å². The number of benzene rings is 3. The third-order valence-corrected chi connectivity index (χ3v) is 6.54. The normalized spacial score (nSPS) is 14.7. The quantitative estimate of drug-likeness (QED) is 0.208. The van der Waals surface area contributed by atoms with E-state index in [-0.39, 0.29) is 11.7 Å². The molecule has 0 aliphatic heterocycles. The number of rotatable bonds is 2. The van der Waals surface area contributed by atoms with Crippen LogP contribution in [-0.2, 0) is 4.79 Å². The Bertz CT molecular complexity index is 1020. The van der Waals surface area contributed by atoms with E-state index in [0.29, 0.717) is 5.75 Å². The second kappa shape index (κ2) is 7.27. The SMILES string of the molecule is O=C(Oc1c(I)cc(I)cc1I)C1c2ccccc2-c2cc(O)ccc21. The Labute approximate surface area is 191 Å². The summed E-state index contributed by atoms with van der Waals surface area (Å²) in [5, 5.41) is 9.86. The first-order valence-corrected chi connectivity index (χ1v) is 11.0. The molecular weight excluding hydrogens is 669 g/mol. The van der Waals surface area contributed by atoms with Gasteiger partial charge in [0.1, 0.15) is 11.7 Å². The van der Waals surface area contributed by atoms with Gasteiger partial charge in [-0.05, 0) is 114 Å². The van der Waals surface area contributed by atoms with Gasteiger partial charge in [0.05, 0.1) is 7.14 Å². The molecule has 3 aromatic rings. The van der Waals surface area contributed by atoms with Gasteiger partial charge in [0.15, 0.2) is 5.75 Å². The largest absolute Gasteiger partial charge is 0.508 e. The van der Waals surface area contributed by atoms with Gasteiger partial charge in [-0.25, -0.2) is 0 Å². The van der Waals surface area contributed by atoms with E-state index in [1.165, 1.54) is 0 Å². The number of carbonyl (C=O) groups is 1. The maximum atomic E-state index is 13.1. The number of halogens is 3. The number of fused-ring (bicyclic) bond motifs is 3. The first-order valence-electron chi connectivity index (χ1n) is 7.74. The second-order valence-electron chi connectivity index (χ2n) is 5.91. The van der Waals surface area contributed by atoms with E-state index >= 15 is 0 Å². The van der Waals surface area contributed by atoms with E-state index < -0.39 is 5.92 Å². The van der Waals surface area contributed by atoms with Crippen molar-refractivity contribution < 1.29 is 14.6 Å². The van der Waals surface area contributed by atoms with Crippen LogP contribution in [0.2, 0.25) is 0 Å². The first kappa shape index (κ1) is 18.5. The van der Waals surface area contributed by atoms with E-state index in [2.05, 4.69) is 67.8 Å². The van der Waals surface area contributed by atoms with Crippen LogP contribution in [0.4, 0.5) is 0 Å². The topological polar surface area (TPSA) is 46.5 Å². The molecule has 1 unspecified atom stereocenters. The molecule has 0 saturated heterocycles. The Morgan fingerprint density at radius 2 is 1.54 bits per heavy atom. The van der Waals surface area contributed by atoms with Gasteiger partial charge in [-0.1, -0.05) is 30.3 Å². The van der Waals surface area contributed by atoms with Crippen LogP contribution >= 0.6 is 67.8 Å². The highest BCUT2D eigenvalue weighted by molar-refractivity contribution is 14.1. The van der Waals surface area contributed by atoms with E-state index in [9.17, 15) is 9.90 Å². The van der Waals surface area contributed by atoms with Gasteiger partial charge >= 0.3 is 5.97 Å². The fourth-order valence-electron chi connectivity index (χ4n) is 3.23. The zero-order chi connectivity index (χ0) is 18.4. The van der Waals surface area contributed by atoms with Crippen molar-refractivity contribution >= 4 is 73.7 Å². The minimum absolute atomic E-state index is 0.189. The minimum atomic E-state index is -0.493. The molecule has 1 atom stereocenters. The highest BCUT2D eigenvalue weighted by Gasteiger charge is 2.35. The lowest BCUT2D eigenvalue weighted by Crippen LogP contribution is -2.19. The summed E-state index contributed by atoms with van der Waals surface area (Å²) in [6.07, 6.45) is 0. The predicted octanol–water partition coefficient (Wildman–Crippen LogP) is 5.92. The molecule has 26 heavy (non-hydrogen) atoms. The van der Waals surface area contributed by atoms with Crippen LogP contribution in [0.25, 0.3) is 11.1 Å². The number of hydrogen-bond donors (Lipinski definition) is 1. The summed E-state index contributed by atoms with van der Waals surface area (Å²) in [4.78, 5) is 13.1. The molecule has 0 aromatic heterocycles. The Hall–Kier alpha value is -0.880. The van der Waals surface area contributed by atoms with Crippen LogP contribution in [0, 0.1) is 10.7 Å². The molecule has 0 amide bonds. The summed E-state index contributed by atoms with van der Waals surface area (Å²) >= 11 is 6.63. The standard InChI is InChI=1S/C20H11I3O3/c21-10-7-16(22)19(17(23)8-10)26-20(25)18-13-4-2-1-3-12(13)15-9-11(24)5-6-14(15)18/h1-9,18,24H. The summed E-state index contributed by atoms with van der Waals surface area (Å²) < 4.78 is 8.75. The molecule has 130 valence electrons. The number of carbonyl (C=O) groups excluding carboxylic acids is 1. The number of phenolic OH excluding ortho intramolecular Hbond substituents is 1. The molecule has 0 bridgehead atoms. The number of esters is 1. The first-order chi connectivity index (χ1) is 12.5. The maximum Gasteiger partial charge on any atom is 0.323 e. The molecule has 0 spiro atoms. The monoisotopic (exact) mass is 680 g/mol. The molecule has 0 saturated carbocycles. The Balaban J connectivity index is 1.78. The highest BCUT2D eigenvalue weighted by Crippen LogP contribution is 2.46. The summed E-state index contributed by atoms with van der Waals surface area (Å²) in [5.41, 5.74) is 3.63. The third kappa shape index (κ3) is 3.24. The predicted molar refractivity (Wildman–Crippen MR) is 126 cm³/mol. The van der Waals surface area contributed by atoms with Crippen LogP contribution in [0.1, 0.15) is 17.0 Å². The van der Waals surface area contributed by atoms with E-state index in [0.717, 1.165) is 33.0 Å². The Kier molecular flexibility index (Phi) is 5.17. The number of hydrogen-bond acceptors (Lipinski definition) is 3. The number of ether oxygens (including phenoxy) is 1. The summed E-state index contributed by atoms with van der Waals surface area (Å²) in [6.45, 7) is 0. The summed E-state index contributed by atoms with van der Waals surface area (Å²) in [5.74, 6) is -0.0118. The van der Waals surface area contributed by atoms with Crippen LogP contribution in [-0.4, -0.2) is 11.1 Å². The van der Waals surface area contributed by atoms with Crippen LogP contribution in [0.3, 0.4) is 0 Å². The summed E-state index contributed by atoms with van der Waals surface area (Å²) in [7, 11) is 0. The average Bonchev–Trinajstić information content (AvgIpc) is 2.92. The zero-order valence-electron chi connectivity index (χ0n) is 13.2. The Morgan fingerprint density at radius 3 is 2.27 bits per heavy atom. The van der Waals surface area contributed by atoms with Crippen LogP contribution < -0.4 is 4.74 Å². The van der Waals surface area contributed by atoms with Gasteiger partial charge in [-0.3, -0.25) is 4.79 Å². The van der Waals surface area contributed by atoms with Crippen molar-refractivity contribution in [2.24, 2.45) is 0 Å². The smallest absolute Gasteiger partial charge is 0.323 e. The van der Waals surface area contributed by atoms with Crippen molar-refractivity contribution in [3.63, 3.8) is 0 Å². The molecule has 1 aliphatic carbocycles. The van der Waals surface area contributed by atoms with Crippen molar-refractivity contribution in [1.82, 2.24) is 0 Å². The van der Waals surface area contributed by atoms with Gasteiger partial charge in [-0.15, -0.1) is 0 Å². The molecule has 1 N–H and O–H groups in total. The fraction of sp³-hybridized carbons (Fsp3) is 0.0500. The van der Waals surface area contributed by atoms with Crippen LogP contribution in [0.15, 0.2) is 54.6 Å². The molecule has 3 nitrogen and oxygen atoms in total. The Morgan fingerprint density at radius 1 is 0.885 bits per heavy atom. The van der Waals surface area contributed by atoms with Crippen molar-refractivity contribution in [3.05, 3.63) is 76.4 Å². The zero-order valence-corrected chi connectivity index (χ0v) is 19.6. The van der Waals surface area contributed by atoms with Gasteiger partial charge in [0.25, 0.3) is 0 Å². The van der Waals surface area contributed by atoms with Crippen LogP contribution in [0.5, 0.6) is 11.5 Å². The van der Waals surface area contributed by atoms with Gasteiger partial charge in [0.2, 0.25) is 0 Å². The molecule has 1 aliphatic rings. The van der Waals surface area contributed by atoms with Gasteiger partial charge < -0.3 is 9.84 Å². The number of phenols is 1. The molecule has 6 heteroatoms. The molecule has 0 fully saturated rings. The molecule has 4 rings (SSSR count). The van der Waals surface area contributed by atoms with Crippen molar-refractivity contribution in [2.45, 2.75) is 5.92 Å². The molecule has 0 radical (unpaired) electrons.